The second-order valence-electron chi connectivity index (χ2n) is 4.91. The molecule has 21 heavy (non-hydrogen) atoms. The molecule has 0 bridgehead atoms. The van der Waals surface area contributed by atoms with E-state index in [1.807, 2.05) is 0 Å². The molecule has 0 spiro atoms. The van der Waals surface area contributed by atoms with E-state index in [9.17, 15) is 9.59 Å². The Bertz CT molecular complexity index is 482. The van der Waals surface area contributed by atoms with Crippen molar-refractivity contribution in [2.24, 2.45) is 0 Å². The summed E-state index contributed by atoms with van der Waals surface area (Å²) in [6.07, 6.45) is 2.79. The van der Waals surface area contributed by atoms with Gasteiger partial charge in [0.2, 0.25) is 0 Å². The molecule has 5 heteroatoms. The van der Waals surface area contributed by atoms with Crippen LogP contribution in [0.1, 0.15) is 48.5 Å². The fourth-order valence-corrected chi connectivity index (χ4v) is 1.95. The monoisotopic (exact) mass is 294 g/mol. The maximum absolute atomic E-state index is 11.4. The molecule has 1 aromatic rings. The molecule has 0 fully saturated rings. The van der Waals surface area contributed by atoms with Crippen molar-refractivity contribution in [2.75, 3.05) is 13.2 Å². The third-order valence-electron chi connectivity index (χ3n) is 3.14. The SMILES string of the molecule is CC(=O)c1ccc(OCCCCCO)c(CCC(=O)O)c1. The fraction of sp³-hybridized carbons (Fsp3) is 0.500. The molecule has 116 valence electrons. The number of ether oxygens (including phenoxy) is 1. The Morgan fingerprint density at radius 3 is 2.57 bits per heavy atom. The molecular formula is C16H22O5. The number of unbranched alkanes of at least 4 members (excludes halogenated alkanes) is 2. The van der Waals surface area contributed by atoms with Crippen molar-refractivity contribution in [3.63, 3.8) is 0 Å². The van der Waals surface area contributed by atoms with Crippen LogP contribution in [-0.4, -0.2) is 35.2 Å². The standard InChI is InChI=1S/C16H22O5/c1-12(18)13-5-7-15(21-10-4-2-3-9-17)14(11-13)6-8-16(19)20/h5,7,11,17H,2-4,6,8-10H2,1H3,(H,19,20). The average Bonchev–Trinajstić information content (AvgIpc) is 2.45. The molecule has 0 saturated carbocycles. The number of benzene rings is 1. The van der Waals surface area contributed by atoms with Gasteiger partial charge in [-0.1, -0.05) is 0 Å². The maximum atomic E-state index is 11.4. The predicted octanol–water partition coefficient (Wildman–Crippen LogP) is 2.45. The van der Waals surface area contributed by atoms with Gasteiger partial charge in [-0.25, -0.2) is 0 Å². The fourth-order valence-electron chi connectivity index (χ4n) is 1.95. The number of hydrogen-bond donors (Lipinski definition) is 2. The summed E-state index contributed by atoms with van der Waals surface area (Å²) in [5, 5.41) is 17.5. The van der Waals surface area contributed by atoms with Crippen molar-refractivity contribution in [3.8, 4) is 5.75 Å². The lowest BCUT2D eigenvalue weighted by molar-refractivity contribution is -0.136. The summed E-state index contributed by atoms with van der Waals surface area (Å²) in [4.78, 5) is 22.1. The molecule has 0 aliphatic carbocycles. The highest BCUT2D eigenvalue weighted by Gasteiger charge is 2.09. The number of aryl methyl sites for hydroxylation is 1. The predicted molar refractivity (Wildman–Crippen MR) is 78.8 cm³/mol. The second kappa shape index (κ2) is 9.13. The molecule has 0 saturated heterocycles. The molecule has 0 aromatic heterocycles. The molecule has 0 aliphatic heterocycles. The van der Waals surface area contributed by atoms with E-state index >= 15 is 0 Å². The van der Waals surface area contributed by atoms with Gasteiger partial charge in [-0.2, -0.15) is 0 Å². The van der Waals surface area contributed by atoms with Crippen LogP contribution >= 0.6 is 0 Å². The number of ketones is 1. The molecule has 0 unspecified atom stereocenters. The molecule has 0 atom stereocenters. The van der Waals surface area contributed by atoms with Crippen LogP contribution in [0.3, 0.4) is 0 Å². The quantitative estimate of drug-likeness (QED) is 0.511. The van der Waals surface area contributed by atoms with Crippen molar-refractivity contribution in [3.05, 3.63) is 29.3 Å². The second-order valence-corrected chi connectivity index (χ2v) is 4.91. The molecule has 1 rings (SSSR count). The molecule has 0 heterocycles. The summed E-state index contributed by atoms with van der Waals surface area (Å²) in [6, 6.07) is 5.12. The zero-order valence-electron chi connectivity index (χ0n) is 12.3. The van der Waals surface area contributed by atoms with Crippen LogP contribution in [0.2, 0.25) is 0 Å². The molecule has 1 aromatic carbocycles. The largest absolute Gasteiger partial charge is 0.493 e. The summed E-state index contributed by atoms with van der Waals surface area (Å²) < 4.78 is 5.66. The van der Waals surface area contributed by atoms with Crippen LogP contribution in [0.15, 0.2) is 18.2 Å². The highest BCUT2D eigenvalue weighted by molar-refractivity contribution is 5.94. The number of carboxylic acid groups (broad SMARTS) is 1. The minimum atomic E-state index is -0.878. The lowest BCUT2D eigenvalue weighted by Gasteiger charge is -2.12. The Balaban J connectivity index is 2.70. The summed E-state index contributed by atoms with van der Waals surface area (Å²) in [6.45, 7) is 2.17. The topological polar surface area (TPSA) is 83.8 Å². The number of carbonyl (C=O) groups excluding carboxylic acids is 1. The number of rotatable bonds is 10. The smallest absolute Gasteiger partial charge is 0.303 e. The lowest BCUT2D eigenvalue weighted by Crippen LogP contribution is -2.05. The average molecular weight is 294 g/mol. The first-order valence-electron chi connectivity index (χ1n) is 7.14. The van der Waals surface area contributed by atoms with Gasteiger partial charge < -0.3 is 14.9 Å². The summed E-state index contributed by atoms with van der Waals surface area (Å²) in [5.74, 6) is -0.302. The minimum absolute atomic E-state index is 0.00221. The number of aliphatic hydroxyl groups is 1. The van der Waals surface area contributed by atoms with E-state index in [0.29, 0.717) is 24.3 Å². The van der Waals surface area contributed by atoms with Gasteiger partial charge >= 0.3 is 5.97 Å². The summed E-state index contributed by atoms with van der Waals surface area (Å²) in [7, 11) is 0. The Morgan fingerprint density at radius 1 is 1.19 bits per heavy atom. The Kier molecular flexibility index (Phi) is 7.46. The Labute approximate surface area is 124 Å². The van der Waals surface area contributed by atoms with E-state index in [1.165, 1.54) is 6.92 Å². The molecule has 0 amide bonds. The third-order valence-corrected chi connectivity index (χ3v) is 3.14. The zero-order chi connectivity index (χ0) is 15.7. The summed E-state index contributed by atoms with van der Waals surface area (Å²) in [5.41, 5.74) is 1.30. The van der Waals surface area contributed by atoms with Crippen LogP contribution in [0, 0.1) is 0 Å². The minimum Gasteiger partial charge on any atom is -0.493 e. The first-order chi connectivity index (χ1) is 10.0. The van der Waals surface area contributed by atoms with E-state index < -0.39 is 5.97 Å². The normalized spacial score (nSPS) is 10.4. The van der Waals surface area contributed by atoms with Crippen molar-refractivity contribution >= 4 is 11.8 Å². The molecule has 5 nitrogen and oxygen atoms in total. The van der Waals surface area contributed by atoms with Crippen molar-refractivity contribution in [1.82, 2.24) is 0 Å². The van der Waals surface area contributed by atoms with E-state index in [-0.39, 0.29) is 18.8 Å². The van der Waals surface area contributed by atoms with Crippen molar-refractivity contribution in [2.45, 2.75) is 39.0 Å². The number of hydrogen-bond acceptors (Lipinski definition) is 4. The van der Waals surface area contributed by atoms with Crippen molar-refractivity contribution in [1.29, 1.82) is 0 Å². The zero-order valence-corrected chi connectivity index (χ0v) is 12.3. The third kappa shape index (κ3) is 6.40. The first-order valence-corrected chi connectivity index (χ1v) is 7.14. The van der Waals surface area contributed by atoms with E-state index in [0.717, 1.165) is 24.8 Å². The van der Waals surface area contributed by atoms with Gasteiger partial charge in [0.15, 0.2) is 5.78 Å². The molecule has 0 radical (unpaired) electrons. The van der Waals surface area contributed by atoms with Gasteiger partial charge in [0.05, 0.1) is 6.61 Å². The van der Waals surface area contributed by atoms with Gasteiger partial charge in [0, 0.05) is 18.6 Å². The number of carboxylic acids is 1. The van der Waals surface area contributed by atoms with E-state index in [4.69, 9.17) is 14.9 Å². The highest BCUT2D eigenvalue weighted by Crippen LogP contribution is 2.22. The summed E-state index contributed by atoms with van der Waals surface area (Å²) >= 11 is 0. The Hall–Kier alpha value is -1.88. The highest BCUT2D eigenvalue weighted by atomic mass is 16.5. The van der Waals surface area contributed by atoms with Crippen LogP contribution in [0.4, 0.5) is 0 Å². The maximum Gasteiger partial charge on any atom is 0.303 e. The van der Waals surface area contributed by atoms with Gasteiger partial charge in [-0.05, 0) is 56.4 Å². The van der Waals surface area contributed by atoms with Gasteiger partial charge in [-0.3, -0.25) is 9.59 Å². The lowest BCUT2D eigenvalue weighted by atomic mass is 10.0. The van der Waals surface area contributed by atoms with Gasteiger partial charge in [0.25, 0.3) is 0 Å². The first kappa shape index (κ1) is 17.2. The number of aliphatic hydroxyl groups excluding tert-OH is 1. The van der Waals surface area contributed by atoms with Crippen LogP contribution in [0.5, 0.6) is 5.75 Å². The molecular weight excluding hydrogens is 272 g/mol. The molecule has 0 aliphatic rings. The number of aliphatic carboxylic acids is 1. The van der Waals surface area contributed by atoms with E-state index in [2.05, 4.69) is 0 Å². The Morgan fingerprint density at radius 2 is 1.95 bits per heavy atom. The van der Waals surface area contributed by atoms with Gasteiger partial charge in [0.1, 0.15) is 5.75 Å². The van der Waals surface area contributed by atoms with Gasteiger partial charge in [-0.15, -0.1) is 0 Å². The van der Waals surface area contributed by atoms with Crippen molar-refractivity contribution < 1.29 is 24.5 Å². The van der Waals surface area contributed by atoms with E-state index in [1.54, 1.807) is 18.2 Å². The number of carbonyl (C=O) groups is 2. The van der Waals surface area contributed by atoms with Crippen LogP contribution < -0.4 is 4.74 Å². The number of Topliss-reactive ketones (excluding diaryl/α,β-unsaturated/α-hetero) is 1. The molecule has 2 N–H and O–H groups in total. The van der Waals surface area contributed by atoms with Crippen LogP contribution in [0.25, 0.3) is 0 Å². The van der Waals surface area contributed by atoms with Crippen LogP contribution in [-0.2, 0) is 11.2 Å².